The largest absolute Gasteiger partial charge is 0.392 e. The number of rotatable bonds is 8. The summed E-state index contributed by atoms with van der Waals surface area (Å²) in [5.41, 5.74) is 2.05. The van der Waals surface area contributed by atoms with E-state index in [0.29, 0.717) is 0 Å². The zero-order chi connectivity index (χ0) is 16.7. The first-order chi connectivity index (χ1) is 11.1. The van der Waals surface area contributed by atoms with Gasteiger partial charge >= 0.3 is 0 Å². The van der Waals surface area contributed by atoms with Gasteiger partial charge in [-0.3, -0.25) is 4.90 Å². The fourth-order valence-corrected chi connectivity index (χ4v) is 3.18. The summed E-state index contributed by atoms with van der Waals surface area (Å²) < 4.78 is 0. The zero-order valence-electron chi connectivity index (χ0n) is 15.0. The van der Waals surface area contributed by atoms with Gasteiger partial charge in [0.05, 0.1) is 6.10 Å². The monoisotopic (exact) mass is 320 g/mol. The summed E-state index contributed by atoms with van der Waals surface area (Å²) in [4.78, 5) is 13.7. The molecule has 0 aliphatic carbocycles. The van der Waals surface area contributed by atoms with Crippen molar-refractivity contribution in [2.45, 2.75) is 59.0 Å². The highest BCUT2D eigenvalue weighted by atomic mass is 16.3. The van der Waals surface area contributed by atoms with Crippen LogP contribution in [0.3, 0.4) is 0 Å². The highest BCUT2D eigenvalue weighted by Crippen LogP contribution is 2.14. The highest BCUT2D eigenvalue weighted by molar-refractivity contribution is 5.32. The quantitative estimate of drug-likeness (QED) is 0.746. The van der Waals surface area contributed by atoms with Crippen LogP contribution in [0.1, 0.15) is 50.4 Å². The standard InChI is InChI=1S/C18H32N4O/c1-4-5-6-7-8-17(23)14-21-9-11-22(12-10-21)18-19-15(2)13-16(3)20-18/h13,17,23H,4-12,14H2,1-3H3/t17-/m1/s1. The van der Waals surface area contributed by atoms with Gasteiger partial charge in [0.25, 0.3) is 0 Å². The van der Waals surface area contributed by atoms with Crippen molar-refractivity contribution in [3.8, 4) is 0 Å². The minimum Gasteiger partial charge on any atom is -0.392 e. The molecule has 0 spiro atoms. The second-order valence-corrected chi connectivity index (χ2v) is 6.74. The van der Waals surface area contributed by atoms with Crippen molar-refractivity contribution in [1.29, 1.82) is 0 Å². The Morgan fingerprint density at radius 1 is 1.04 bits per heavy atom. The lowest BCUT2D eigenvalue weighted by Gasteiger charge is -2.35. The van der Waals surface area contributed by atoms with Crippen LogP contribution in [-0.2, 0) is 0 Å². The van der Waals surface area contributed by atoms with Crippen molar-refractivity contribution in [3.05, 3.63) is 17.5 Å². The van der Waals surface area contributed by atoms with E-state index in [4.69, 9.17) is 0 Å². The molecule has 23 heavy (non-hydrogen) atoms. The maximum Gasteiger partial charge on any atom is 0.225 e. The van der Waals surface area contributed by atoms with Crippen LogP contribution in [-0.4, -0.2) is 58.8 Å². The number of aryl methyl sites for hydroxylation is 2. The molecule has 5 heteroatoms. The molecule has 0 radical (unpaired) electrons. The van der Waals surface area contributed by atoms with Crippen molar-refractivity contribution in [2.75, 3.05) is 37.6 Å². The van der Waals surface area contributed by atoms with Crippen LogP contribution in [0, 0.1) is 13.8 Å². The molecule has 1 aliphatic rings. The number of hydrogen-bond donors (Lipinski definition) is 1. The fourth-order valence-electron chi connectivity index (χ4n) is 3.18. The van der Waals surface area contributed by atoms with Crippen molar-refractivity contribution < 1.29 is 5.11 Å². The molecular weight excluding hydrogens is 288 g/mol. The molecule has 130 valence electrons. The first kappa shape index (κ1) is 18.1. The lowest BCUT2D eigenvalue weighted by atomic mass is 10.1. The van der Waals surface area contributed by atoms with Gasteiger partial charge < -0.3 is 10.0 Å². The van der Waals surface area contributed by atoms with Crippen LogP contribution >= 0.6 is 0 Å². The van der Waals surface area contributed by atoms with Gasteiger partial charge in [-0.05, 0) is 26.3 Å². The van der Waals surface area contributed by atoms with Gasteiger partial charge in [0.1, 0.15) is 0 Å². The SMILES string of the molecule is CCCCCC[C@@H](O)CN1CCN(c2nc(C)cc(C)n2)CC1. The van der Waals surface area contributed by atoms with Gasteiger partial charge in [0, 0.05) is 44.1 Å². The van der Waals surface area contributed by atoms with E-state index in [2.05, 4.69) is 26.7 Å². The van der Waals surface area contributed by atoms with Crippen LogP contribution in [0.15, 0.2) is 6.07 Å². The molecule has 5 nitrogen and oxygen atoms in total. The third-order valence-electron chi connectivity index (χ3n) is 4.49. The van der Waals surface area contributed by atoms with E-state index >= 15 is 0 Å². The van der Waals surface area contributed by atoms with E-state index < -0.39 is 0 Å². The number of β-amino-alcohol motifs (C(OH)–C–C–N with tert-alkyl or cyclic N) is 1. The summed E-state index contributed by atoms with van der Waals surface area (Å²) in [6.45, 7) is 10.9. The number of aromatic nitrogens is 2. The first-order valence-electron chi connectivity index (χ1n) is 9.06. The van der Waals surface area contributed by atoms with Gasteiger partial charge in [0.15, 0.2) is 0 Å². The predicted molar refractivity (Wildman–Crippen MR) is 94.9 cm³/mol. The molecule has 2 rings (SSSR count). The Kier molecular flexibility index (Phi) is 7.24. The molecule has 2 heterocycles. The maximum absolute atomic E-state index is 10.2. The lowest BCUT2D eigenvalue weighted by molar-refractivity contribution is 0.0995. The summed E-state index contributed by atoms with van der Waals surface area (Å²) in [6, 6.07) is 2.01. The van der Waals surface area contributed by atoms with Crippen LogP contribution in [0.4, 0.5) is 5.95 Å². The van der Waals surface area contributed by atoms with Crippen molar-refractivity contribution in [3.63, 3.8) is 0 Å². The average molecular weight is 320 g/mol. The van der Waals surface area contributed by atoms with E-state index in [1.165, 1.54) is 19.3 Å². The molecule has 1 fully saturated rings. The number of aliphatic hydroxyl groups is 1. The van der Waals surface area contributed by atoms with Gasteiger partial charge in [-0.25, -0.2) is 9.97 Å². The molecule has 1 aromatic heterocycles. The summed E-state index contributed by atoms with van der Waals surface area (Å²) in [6.07, 6.45) is 5.66. The fraction of sp³-hybridized carbons (Fsp3) is 0.778. The Hall–Kier alpha value is -1.20. The molecular formula is C18H32N4O. The summed E-state index contributed by atoms with van der Waals surface area (Å²) in [5, 5.41) is 10.2. The minimum atomic E-state index is -0.184. The molecule has 1 aromatic rings. The molecule has 1 saturated heterocycles. The normalized spacial score (nSPS) is 17.5. The van der Waals surface area contributed by atoms with Gasteiger partial charge in [-0.15, -0.1) is 0 Å². The van der Waals surface area contributed by atoms with Crippen LogP contribution < -0.4 is 4.90 Å². The van der Waals surface area contributed by atoms with E-state index in [0.717, 1.165) is 62.9 Å². The Balaban J connectivity index is 1.73. The maximum atomic E-state index is 10.2. The zero-order valence-corrected chi connectivity index (χ0v) is 15.0. The van der Waals surface area contributed by atoms with Gasteiger partial charge in [0.2, 0.25) is 5.95 Å². The smallest absolute Gasteiger partial charge is 0.225 e. The molecule has 1 N–H and O–H groups in total. The number of nitrogens with zero attached hydrogens (tertiary/aromatic N) is 4. The molecule has 0 saturated carbocycles. The predicted octanol–water partition coefficient (Wildman–Crippen LogP) is 2.55. The second kappa shape index (κ2) is 9.18. The number of anilines is 1. The lowest BCUT2D eigenvalue weighted by Crippen LogP contribution is -2.49. The van der Waals surface area contributed by atoms with Gasteiger partial charge in [-0.1, -0.05) is 32.6 Å². The Morgan fingerprint density at radius 2 is 1.70 bits per heavy atom. The van der Waals surface area contributed by atoms with Crippen molar-refractivity contribution in [1.82, 2.24) is 14.9 Å². The van der Waals surface area contributed by atoms with E-state index in [1.807, 2.05) is 19.9 Å². The molecule has 0 unspecified atom stereocenters. The minimum absolute atomic E-state index is 0.184. The Labute approximate surface area is 140 Å². The van der Waals surface area contributed by atoms with Crippen LogP contribution in [0.5, 0.6) is 0 Å². The average Bonchev–Trinajstić information content (AvgIpc) is 2.51. The topological polar surface area (TPSA) is 52.5 Å². The summed E-state index contributed by atoms with van der Waals surface area (Å²) in [5.74, 6) is 0.849. The van der Waals surface area contributed by atoms with Crippen molar-refractivity contribution in [2.24, 2.45) is 0 Å². The first-order valence-corrected chi connectivity index (χ1v) is 9.06. The second-order valence-electron chi connectivity index (χ2n) is 6.74. The van der Waals surface area contributed by atoms with E-state index in [9.17, 15) is 5.11 Å². The molecule has 1 atom stereocenters. The number of aliphatic hydroxyl groups excluding tert-OH is 1. The number of hydrogen-bond acceptors (Lipinski definition) is 5. The van der Waals surface area contributed by atoms with Crippen LogP contribution in [0.2, 0.25) is 0 Å². The molecule has 0 aromatic carbocycles. The summed E-state index contributed by atoms with van der Waals surface area (Å²) >= 11 is 0. The van der Waals surface area contributed by atoms with Crippen LogP contribution in [0.25, 0.3) is 0 Å². The highest BCUT2D eigenvalue weighted by Gasteiger charge is 2.21. The molecule has 0 amide bonds. The third kappa shape index (κ3) is 6.07. The molecule has 0 bridgehead atoms. The number of unbranched alkanes of at least 4 members (excludes halogenated alkanes) is 3. The van der Waals surface area contributed by atoms with E-state index in [-0.39, 0.29) is 6.10 Å². The summed E-state index contributed by atoms with van der Waals surface area (Å²) in [7, 11) is 0. The Bertz CT molecular complexity index is 452. The Morgan fingerprint density at radius 3 is 2.30 bits per heavy atom. The van der Waals surface area contributed by atoms with Gasteiger partial charge in [-0.2, -0.15) is 0 Å². The third-order valence-corrected chi connectivity index (χ3v) is 4.49. The van der Waals surface area contributed by atoms with Crippen molar-refractivity contribution >= 4 is 5.95 Å². The number of piperazine rings is 1. The molecule has 1 aliphatic heterocycles. The van der Waals surface area contributed by atoms with E-state index in [1.54, 1.807) is 0 Å².